The van der Waals surface area contributed by atoms with Crippen LogP contribution >= 0.6 is 0 Å². The third-order valence-electron chi connectivity index (χ3n) is 4.21. The van der Waals surface area contributed by atoms with E-state index in [2.05, 4.69) is 10.6 Å². The number of carbonyl (C=O) groups excluding carboxylic acids is 1. The number of piperidine rings is 1. The van der Waals surface area contributed by atoms with Crippen LogP contribution in [0.2, 0.25) is 0 Å². The number of rotatable bonds is 6. The van der Waals surface area contributed by atoms with Crippen molar-refractivity contribution in [2.45, 2.75) is 19.4 Å². The van der Waals surface area contributed by atoms with E-state index in [1.54, 1.807) is 7.11 Å². The molecule has 0 saturated carbocycles. The van der Waals surface area contributed by atoms with Crippen molar-refractivity contribution in [3.05, 3.63) is 29.8 Å². The van der Waals surface area contributed by atoms with Crippen LogP contribution in [-0.2, 0) is 16.6 Å². The van der Waals surface area contributed by atoms with Crippen LogP contribution in [0.4, 0.5) is 4.79 Å². The summed E-state index contributed by atoms with van der Waals surface area (Å²) in [6.45, 7) is 2.06. The van der Waals surface area contributed by atoms with Gasteiger partial charge in [-0.15, -0.1) is 0 Å². The Bertz CT molecular complexity index is 638. The second-order valence-corrected chi connectivity index (χ2v) is 8.00. The second kappa shape index (κ2) is 8.34. The van der Waals surface area contributed by atoms with Crippen LogP contribution in [-0.4, -0.2) is 51.8 Å². The molecule has 0 unspecified atom stereocenters. The number of urea groups is 1. The van der Waals surface area contributed by atoms with Gasteiger partial charge in [-0.2, -0.15) is 0 Å². The molecule has 0 radical (unpaired) electrons. The summed E-state index contributed by atoms with van der Waals surface area (Å²) >= 11 is 0. The van der Waals surface area contributed by atoms with Gasteiger partial charge in [0.25, 0.3) is 0 Å². The Balaban J connectivity index is 1.66. The first-order valence-corrected chi connectivity index (χ1v) is 9.83. The summed E-state index contributed by atoms with van der Waals surface area (Å²) in [5.41, 5.74) is 0.993. The van der Waals surface area contributed by atoms with Gasteiger partial charge in [0.15, 0.2) is 0 Å². The van der Waals surface area contributed by atoms with Crippen LogP contribution in [0.1, 0.15) is 18.4 Å². The lowest BCUT2D eigenvalue weighted by atomic mass is 9.98. The number of ether oxygens (including phenoxy) is 1. The summed E-state index contributed by atoms with van der Waals surface area (Å²) in [4.78, 5) is 11.9. The topological polar surface area (TPSA) is 87.7 Å². The minimum Gasteiger partial charge on any atom is -0.497 e. The molecule has 0 aromatic heterocycles. The minimum atomic E-state index is -3.10. The Morgan fingerprint density at radius 1 is 1.21 bits per heavy atom. The number of hydrogen-bond donors (Lipinski definition) is 2. The summed E-state index contributed by atoms with van der Waals surface area (Å²) in [6, 6.07) is 7.30. The number of hydrogen-bond acceptors (Lipinski definition) is 4. The van der Waals surface area contributed by atoms with Crippen molar-refractivity contribution in [3.63, 3.8) is 0 Å². The maximum absolute atomic E-state index is 11.9. The highest BCUT2D eigenvalue weighted by molar-refractivity contribution is 7.88. The van der Waals surface area contributed by atoms with E-state index in [-0.39, 0.29) is 6.03 Å². The molecule has 134 valence electrons. The summed E-state index contributed by atoms with van der Waals surface area (Å²) in [5, 5.41) is 5.67. The highest BCUT2D eigenvalue weighted by atomic mass is 32.2. The average Bonchev–Trinajstić information content (AvgIpc) is 2.58. The third kappa shape index (κ3) is 5.68. The van der Waals surface area contributed by atoms with Gasteiger partial charge in [0.1, 0.15) is 5.75 Å². The predicted molar refractivity (Wildman–Crippen MR) is 92.4 cm³/mol. The van der Waals surface area contributed by atoms with Crippen LogP contribution in [0, 0.1) is 5.92 Å². The molecule has 1 aromatic carbocycles. The minimum absolute atomic E-state index is 0.212. The van der Waals surface area contributed by atoms with E-state index in [4.69, 9.17) is 4.74 Å². The van der Waals surface area contributed by atoms with Crippen molar-refractivity contribution in [2.24, 2.45) is 5.92 Å². The summed E-state index contributed by atoms with van der Waals surface area (Å²) in [6.07, 6.45) is 2.77. The molecule has 1 aromatic rings. The fraction of sp³-hybridized carbons (Fsp3) is 0.562. The van der Waals surface area contributed by atoms with Crippen LogP contribution < -0.4 is 15.4 Å². The Morgan fingerprint density at radius 3 is 2.38 bits per heavy atom. The van der Waals surface area contributed by atoms with Crippen molar-refractivity contribution >= 4 is 16.1 Å². The molecule has 2 N–H and O–H groups in total. The van der Waals surface area contributed by atoms with Gasteiger partial charge in [-0.05, 0) is 36.5 Å². The maximum Gasteiger partial charge on any atom is 0.315 e. The summed E-state index contributed by atoms with van der Waals surface area (Å²) in [7, 11) is -1.49. The lowest BCUT2D eigenvalue weighted by molar-refractivity contribution is 0.231. The van der Waals surface area contributed by atoms with E-state index >= 15 is 0 Å². The molecule has 1 fully saturated rings. The Kier molecular flexibility index (Phi) is 6.44. The van der Waals surface area contributed by atoms with E-state index in [9.17, 15) is 13.2 Å². The first-order chi connectivity index (χ1) is 11.4. The number of nitrogens with zero attached hydrogens (tertiary/aromatic N) is 1. The lowest BCUT2D eigenvalue weighted by Gasteiger charge is -2.30. The van der Waals surface area contributed by atoms with Crippen LogP contribution in [0.25, 0.3) is 0 Å². The van der Waals surface area contributed by atoms with Gasteiger partial charge in [-0.1, -0.05) is 12.1 Å². The molecular weight excluding hydrogens is 330 g/mol. The molecule has 1 heterocycles. The van der Waals surface area contributed by atoms with E-state index in [1.165, 1.54) is 10.6 Å². The molecule has 7 nitrogen and oxygen atoms in total. The normalized spacial score (nSPS) is 16.6. The zero-order valence-electron chi connectivity index (χ0n) is 14.1. The zero-order valence-corrected chi connectivity index (χ0v) is 14.9. The first-order valence-electron chi connectivity index (χ1n) is 7.98. The largest absolute Gasteiger partial charge is 0.497 e. The fourth-order valence-corrected chi connectivity index (χ4v) is 3.54. The van der Waals surface area contributed by atoms with E-state index in [0.717, 1.165) is 24.2 Å². The molecule has 1 saturated heterocycles. The fourth-order valence-electron chi connectivity index (χ4n) is 2.67. The van der Waals surface area contributed by atoms with Crippen molar-refractivity contribution in [1.82, 2.24) is 14.9 Å². The lowest BCUT2D eigenvalue weighted by Crippen LogP contribution is -2.43. The monoisotopic (exact) mass is 355 g/mol. The molecule has 0 spiro atoms. The SMILES string of the molecule is COc1ccc(CNC(=O)NCC2CCN(S(C)(=O)=O)CC2)cc1. The van der Waals surface area contributed by atoms with Crippen molar-refractivity contribution in [2.75, 3.05) is 33.0 Å². The molecule has 1 aliphatic heterocycles. The van der Waals surface area contributed by atoms with Gasteiger partial charge in [0.2, 0.25) is 10.0 Å². The highest BCUT2D eigenvalue weighted by Gasteiger charge is 2.24. The molecule has 8 heteroatoms. The van der Waals surface area contributed by atoms with E-state index in [0.29, 0.717) is 32.1 Å². The molecule has 0 atom stereocenters. The standard InChI is InChI=1S/C16H25N3O4S/c1-23-15-5-3-13(4-6-15)11-17-16(20)18-12-14-7-9-19(10-8-14)24(2,21)22/h3-6,14H,7-12H2,1-2H3,(H2,17,18,20). The van der Waals surface area contributed by atoms with Gasteiger partial charge in [0, 0.05) is 26.2 Å². The highest BCUT2D eigenvalue weighted by Crippen LogP contribution is 2.18. The van der Waals surface area contributed by atoms with Crippen molar-refractivity contribution in [1.29, 1.82) is 0 Å². The van der Waals surface area contributed by atoms with Crippen molar-refractivity contribution in [3.8, 4) is 5.75 Å². The summed E-state index contributed by atoms with van der Waals surface area (Å²) < 4.78 is 29.5. The molecule has 1 aliphatic rings. The first kappa shape index (κ1) is 18.5. The molecular formula is C16H25N3O4S. The molecule has 2 amide bonds. The Labute approximate surface area is 143 Å². The molecule has 24 heavy (non-hydrogen) atoms. The van der Waals surface area contributed by atoms with Gasteiger partial charge in [0.05, 0.1) is 13.4 Å². The molecule has 0 bridgehead atoms. The predicted octanol–water partition coefficient (Wildman–Crippen LogP) is 1.17. The average molecular weight is 355 g/mol. The van der Waals surface area contributed by atoms with Gasteiger partial charge in [-0.3, -0.25) is 0 Å². The smallest absolute Gasteiger partial charge is 0.315 e. The number of sulfonamides is 1. The molecule has 0 aliphatic carbocycles. The number of benzene rings is 1. The zero-order chi connectivity index (χ0) is 17.6. The van der Waals surface area contributed by atoms with Gasteiger partial charge < -0.3 is 15.4 Å². The third-order valence-corrected chi connectivity index (χ3v) is 5.51. The maximum atomic E-state index is 11.9. The number of nitrogens with one attached hydrogen (secondary N) is 2. The van der Waals surface area contributed by atoms with Crippen LogP contribution in [0.5, 0.6) is 5.75 Å². The number of carbonyl (C=O) groups is 1. The van der Waals surface area contributed by atoms with Gasteiger partial charge >= 0.3 is 6.03 Å². The second-order valence-electron chi connectivity index (χ2n) is 6.02. The summed E-state index contributed by atoms with van der Waals surface area (Å²) in [5.74, 6) is 1.10. The molecule has 2 rings (SSSR count). The van der Waals surface area contributed by atoms with Crippen molar-refractivity contribution < 1.29 is 17.9 Å². The Hall–Kier alpha value is -1.80. The quantitative estimate of drug-likeness (QED) is 0.802. The van der Waals surface area contributed by atoms with E-state index < -0.39 is 10.0 Å². The number of methoxy groups -OCH3 is 1. The van der Waals surface area contributed by atoms with E-state index in [1.807, 2.05) is 24.3 Å². The Morgan fingerprint density at radius 2 is 1.83 bits per heavy atom. The number of amides is 2. The van der Waals surface area contributed by atoms with Gasteiger partial charge in [-0.25, -0.2) is 17.5 Å². The van der Waals surface area contributed by atoms with Crippen LogP contribution in [0.15, 0.2) is 24.3 Å². The van der Waals surface area contributed by atoms with Crippen LogP contribution in [0.3, 0.4) is 0 Å².